The smallest absolute Gasteiger partial charge is 0.134 e. The number of aromatic nitrogens is 6. The van der Waals surface area contributed by atoms with E-state index in [1.165, 1.54) is 0 Å². The van der Waals surface area contributed by atoms with Crippen LogP contribution < -0.4 is 0 Å². The monoisotopic (exact) mass is 404 g/mol. The van der Waals surface area contributed by atoms with Gasteiger partial charge in [0.2, 0.25) is 0 Å². The number of hydrogen-bond acceptors (Lipinski definition) is 6. The lowest BCUT2D eigenvalue weighted by molar-refractivity contribution is 0.285. The predicted molar refractivity (Wildman–Crippen MR) is 118 cm³/mol. The van der Waals surface area contributed by atoms with E-state index in [1.807, 2.05) is 30.9 Å². The standard InChI is InChI=1S/C24H32N6/c1-22(2,19-17-25-13-15-27-19)7-9-24(5,21-29-11-6-12-30-21)10-8-23(3,4)20-18-26-14-16-28-20/h6,11-18H,7-10H2,1-5H3. The van der Waals surface area contributed by atoms with Gasteiger partial charge in [0.1, 0.15) is 5.82 Å². The van der Waals surface area contributed by atoms with E-state index in [9.17, 15) is 0 Å². The van der Waals surface area contributed by atoms with Gasteiger partial charge in [-0.15, -0.1) is 0 Å². The van der Waals surface area contributed by atoms with Gasteiger partial charge in [0, 0.05) is 65.8 Å². The van der Waals surface area contributed by atoms with Crippen molar-refractivity contribution in [3.05, 3.63) is 72.9 Å². The molecule has 3 rings (SSSR count). The molecule has 0 aliphatic carbocycles. The lowest BCUT2D eigenvalue weighted by atomic mass is 9.71. The molecular formula is C24H32N6. The lowest BCUT2D eigenvalue weighted by Crippen LogP contribution is -2.32. The van der Waals surface area contributed by atoms with E-state index in [0.29, 0.717) is 0 Å². The van der Waals surface area contributed by atoms with Gasteiger partial charge in [0.25, 0.3) is 0 Å². The molecule has 0 saturated heterocycles. The second-order valence-electron chi connectivity index (χ2n) is 9.58. The molecule has 158 valence electrons. The molecule has 0 bridgehead atoms. The molecular weight excluding hydrogens is 372 g/mol. The molecule has 3 aromatic heterocycles. The van der Waals surface area contributed by atoms with Crippen molar-refractivity contribution in [3.8, 4) is 0 Å². The first kappa shape index (κ1) is 21.9. The Bertz CT molecular complexity index is 855. The van der Waals surface area contributed by atoms with Crippen LogP contribution in [0.15, 0.2) is 55.6 Å². The highest BCUT2D eigenvalue weighted by molar-refractivity contribution is 5.15. The summed E-state index contributed by atoms with van der Waals surface area (Å²) in [7, 11) is 0. The Morgan fingerprint density at radius 1 is 0.567 bits per heavy atom. The van der Waals surface area contributed by atoms with E-state index in [-0.39, 0.29) is 16.2 Å². The van der Waals surface area contributed by atoms with Crippen molar-refractivity contribution in [2.45, 2.75) is 76.5 Å². The quantitative estimate of drug-likeness (QED) is 0.508. The van der Waals surface area contributed by atoms with Gasteiger partial charge >= 0.3 is 0 Å². The number of rotatable bonds is 9. The Kier molecular flexibility index (Phi) is 6.54. The molecule has 0 fully saturated rings. The average Bonchev–Trinajstić information content (AvgIpc) is 2.78. The van der Waals surface area contributed by atoms with Crippen molar-refractivity contribution in [3.63, 3.8) is 0 Å². The fourth-order valence-corrected chi connectivity index (χ4v) is 3.69. The summed E-state index contributed by atoms with van der Waals surface area (Å²) < 4.78 is 0. The Morgan fingerprint density at radius 3 is 1.43 bits per heavy atom. The van der Waals surface area contributed by atoms with Crippen molar-refractivity contribution < 1.29 is 0 Å². The van der Waals surface area contributed by atoms with E-state index >= 15 is 0 Å². The summed E-state index contributed by atoms with van der Waals surface area (Å²) in [6.45, 7) is 11.2. The van der Waals surface area contributed by atoms with Crippen LogP contribution in [-0.2, 0) is 16.2 Å². The van der Waals surface area contributed by atoms with Crippen LogP contribution in [-0.4, -0.2) is 29.9 Å². The summed E-state index contributed by atoms with van der Waals surface area (Å²) in [6.07, 6.45) is 18.2. The molecule has 0 N–H and O–H groups in total. The van der Waals surface area contributed by atoms with Gasteiger partial charge in [-0.25, -0.2) is 9.97 Å². The van der Waals surface area contributed by atoms with Gasteiger partial charge < -0.3 is 0 Å². The first-order chi connectivity index (χ1) is 14.2. The third-order valence-corrected chi connectivity index (χ3v) is 6.22. The van der Waals surface area contributed by atoms with Crippen LogP contribution in [0, 0.1) is 0 Å². The molecule has 6 heteroatoms. The highest BCUT2D eigenvalue weighted by atomic mass is 14.9. The minimum absolute atomic E-state index is 0.0786. The fraction of sp³-hybridized carbons (Fsp3) is 0.500. The summed E-state index contributed by atoms with van der Waals surface area (Å²) >= 11 is 0. The summed E-state index contributed by atoms with van der Waals surface area (Å²) in [5.74, 6) is 0.898. The summed E-state index contributed by atoms with van der Waals surface area (Å²) in [5.41, 5.74) is 1.72. The summed E-state index contributed by atoms with van der Waals surface area (Å²) in [5, 5.41) is 0. The third-order valence-electron chi connectivity index (χ3n) is 6.22. The van der Waals surface area contributed by atoms with Crippen LogP contribution in [0.1, 0.15) is 77.5 Å². The average molecular weight is 405 g/mol. The molecule has 0 radical (unpaired) electrons. The number of nitrogens with zero attached hydrogens (tertiary/aromatic N) is 6. The highest BCUT2D eigenvalue weighted by Gasteiger charge is 2.35. The first-order valence-corrected chi connectivity index (χ1v) is 10.5. The minimum atomic E-state index is -0.153. The predicted octanol–water partition coefficient (Wildman–Crippen LogP) is 4.83. The van der Waals surface area contributed by atoms with Gasteiger partial charge in [-0.2, -0.15) is 0 Å². The molecule has 0 amide bonds. The molecule has 3 heterocycles. The zero-order valence-corrected chi connectivity index (χ0v) is 18.7. The summed E-state index contributed by atoms with van der Waals surface area (Å²) in [6, 6.07) is 1.87. The zero-order chi connectivity index (χ0) is 21.7. The zero-order valence-electron chi connectivity index (χ0n) is 18.7. The maximum absolute atomic E-state index is 4.63. The molecule has 0 spiro atoms. The first-order valence-electron chi connectivity index (χ1n) is 10.5. The van der Waals surface area contributed by atoms with E-state index in [0.717, 1.165) is 42.9 Å². The highest BCUT2D eigenvalue weighted by Crippen LogP contribution is 2.40. The van der Waals surface area contributed by atoms with E-state index in [1.54, 1.807) is 24.8 Å². The minimum Gasteiger partial charge on any atom is -0.261 e. The third kappa shape index (κ3) is 5.23. The molecule has 3 aromatic rings. The second kappa shape index (κ2) is 8.94. The second-order valence-corrected chi connectivity index (χ2v) is 9.58. The van der Waals surface area contributed by atoms with E-state index in [4.69, 9.17) is 0 Å². The largest absolute Gasteiger partial charge is 0.261 e. The normalized spacial score (nSPS) is 12.7. The van der Waals surface area contributed by atoms with Crippen molar-refractivity contribution in [2.75, 3.05) is 0 Å². The summed E-state index contributed by atoms with van der Waals surface area (Å²) in [4.78, 5) is 26.9. The lowest BCUT2D eigenvalue weighted by Gasteiger charge is -2.35. The van der Waals surface area contributed by atoms with Crippen LogP contribution in [0.25, 0.3) is 0 Å². The fourth-order valence-electron chi connectivity index (χ4n) is 3.69. The molecule has 6 nitrogen and oxygen atoms in total. The maximum atomic E-state index is 4.63. The topological polar surface area (TPSA) is 77.3 Å². The van der Waals surface area contributed by atoms with Crippen LogP contribution >= 0.6 is 0 Å². The van der Waals surface area contributed by atoms with E-state index < -0.39 is 0 Å². The molecule has 0 unspecified atom stereocenters. The van der Waals surface area contributed by atoms with Gasteiger partial charge in [-0.05, 0) is 31.7 Å². The van der Waals surface area contributed by atoms with Crippen molar-refractivity contribution in [1.82, 2.24) is 29.9 Å². The molecule has 0 atom stereocenters. The van der Waals surface area contributed by atoms with Crippen molar-refractivity contribution in [1.29, 1.82) is 0 Å². The van der Waals surface area contributed by atoms with E-state index in [2.05, 4.69) is 64.5 Å². The molecule has 0 aliphatic heterocycles. The van der Waals surface area contributed by atoms with Gasteiger partial charge in [-0.3, -0.25) is 19.9 Å². The van der Waals surface area contributed by atoms with Crippen LogP contribution in [0.3, 0.4) is 0 Å². The number of hydrogen-bond donors (Lipinski definition) is 0. The molecule has 30 heavy (non-hydrogen) atoms. The molecule has 0 aliphatic rings. The molecule has 0 saturated carbocycles. The van der Waals surface area contributed by atoms with Gasteiger partial charge in [0.15, 0.2) is 0 Å². The Labute approximate surface area is 179 Å². The van der Waals surface area contributed by atoms with Crippen LogP contribution in [0.4, 0.5) is 0 Å². The SMILES string of the molecule is CC(C)(CCC(C)(CCC(C)(C)c1cnccn1)c1ncccn1)c1cnccn1. The Balaban J connectivity index is 1.80. The van der Waals surface area contributed by atoms with Crippen molar-refractivity contribution in [2.24, 2.45) is 0 Å². The van der Waals surface area contributed by atoms with Crippen LogP contribution in [0.2, 0.25) is 0 Å². The van der Waals surface area contributed by atoms with Crippen molar-refractivity contribution >= 4 is 0 Å². The van der Waals surface area contributed by atoms with Gasteiger partial charge in [-0.1, -0.05) is 34.6 Å². The van der Waals surface area contributed by atoms with Gasteiger partial charge in [0.05, 0.1) is 11.4 Å². The molecule has 0 aromatic carbocycles. The Hall–Kier alpha value is -2.76. The maximum Gasteiger partial charge on any atom is 0.134 e. The van der Waals surface area contributed by atoms with Crippen LogP contribution in [0.5, 0.6) is 0 Å². The Morgan fingerprint density at radius 2 is 1.03 bits per heavy atom.